The summed E-state index contributed by atoms with van der Waals surface area (Å²) in [6, 6.07) is 6.85. The van der Waals surface area contributed by atoms with E-state index in [4.69, 9.17) is 5.11 Å². The first-order valence-electron chi connectivity index (χ1n) is 5.15. The summed E-state index contributed by atoms with van der Waals surface area (Å²) < 4.78 is 33.0. The number of thiophene rings is 1. The molecular formula is C12H10F2O3S. The Morgan fingerprint density at radius 1 is 1.39 bits per heavy atom. The number of aliphatic carboxylic acids is 1. The van der Waals surface area contributed by atoms with Gasteiger partial charge in [-0.1, -0.05) is 18.2 Å². The normalized spacial score (nSPS) is 11.9. The lowest BCUT2D eigenvalue weighted by Crippen LogP contribution is -2.23. The second kappa shape index (κ2) is 4.99. The van der Waals surface area contributed by atoms with E-state index in [0.717, 1.165) is 4.70 Å². The van der Waals surface area contributed by atoms with Crippen molar-refractivity contribution in [3.8, 4) is 0 Å². The maximum absolute atomic E-state index is 13.9. The molecule has 0 bridgehead atoms. The lowest BCUT2D eigenvalue weighted by molar-refractivity contribution is -0.147. The fraction of sp³-hybridized carbons (Fsp3) is 0.250. The maximum Gasteiger partial charge on any atom is 0.329 e. The van der Waals surface area contributed by atoms with Gasteiger partial charge in [0, 0.05) is 21.0 Å². The molecule has 0 spiro atoms. The largest absolute Gasteiger partial charge is 0.480 e. The number of ether oxygens (including phenoxy) is 1. The summed E-state index contributed by atoms with van der Waals surface area (Å²) >= 11 is 1.23. The Balaban J connectivity index is 2.20. The zero-order valence-electron chi connectivity index (χ0n) is 9.23. The molecule has 0 atom stereocenters. The van der Waals surface area contributed by atoms with E-state index in [-0.39, 0.29) is 5.56 Å². The van der Waals surface area contributed by atoms with Crippen LogP contribution in [-0.2, 0) is 15.5 Å². The second-order valence-electron chi connectivity index (χ2n) is 3.74. The Bertz CT molecular complexity index is 565. The van der Waals surface area contributed by atoms with E-state index in [2.05, 4.69) is 4.74 Å². The lowest BCUT2D eigenvalue weighted by atomic mass is 10.1. The predicted octanol–water partition coefficient (Wildman–Crippen LogP) is 3.09. The van der Waals surface area contributed by atoms with E-state index in [9.17, 15) is 13.6 Å². The summed E-state index contributed by atoms with van der Waals surface area (Å²) in [6.07, 6.45) is 0. The minimum Gasteiger partial charge on any atom is -0.480 e. The van der Waals surface area contributed by atoms with Gasteiger partial charge >= 0.3 is 5.97 Å². The number of alkyl halides is 2. The number of carboxylic acids is 1. The molecule has 0 aliphatic carbocycles. The minimum atomic E-state index is -3.19. The second-order valence-corrected chi connectivity index (χ2v) is 4.65. The highest BCUT2D eigenvalue weighted by atomic mass is 32.1. The van der Waals surface area contributed by atoms with Crippen molar-refractivity contribution in [2.75, 3.05) is 13.2 Å². The summed E-state index contributed by atoms with van der Waals surface area (Å²) in [5, 5.41) is 10.2. The third-order valence-corrected chi connectivity index (χ3v) is 3.35. The molecule has 0 fully saturated rings. The molecule has 18 heavy (non-hydrogen) atoms. The van der Waals surface area contributed by atoms with Crippen LogP contribution >= 0.6 is 11.3 Å². The number of rotatable bonds is 5. The predicted molar refractivity (Wildman–Crippen MR) is 64.2 cm³/mol. The zero-order valence-corrected chi connectivity index (χ0v) is 10.0. The molecule has 0 radical (unpaired) electrons. The van der Waals surface area contributed by atoms with Crippen LogP contribution in [0, 0.1) is 0 Å². The van der Waals surface area contributed by atoms with E-state index in [1.54, 1.807) is 24.3 Å². The van der Waals surface area contributed by atoms with Crippen LogP contribution in [0.4, 0.5) is 8.78 Å². The van der Waals surface area contributed by atoms with Gasteiger partial charge in [-0.3, -0.25) is 0 Å². The Labute approximate surface area is 106 Å². The van der Waals surface area contributed by atoms with E-state index in [1.165, 1.54) is 16.7 Å². The number of halogens is 2. The van der Waals surface area contributed by atoms with Crippen molar-refractivity contribution in [1.82, 2.24) is 0 Å². The fourth-order valence-electron chi connectivity index (χ4n) is 1.61. The van der Waals surface area contributed by atoms with Crippen molar-refractivity contribution < 1.29 is 23.4 Å². The van der Waals surface area contributed by atoms with Gasteiger partial charge in [0.2, 0.25) is 0 Å². The van der Waals surface area contributed by atoms with Crippen molar-refractivity contribution in [3.05, 3.63) is 35.2 Å². The molecule has 0 aliphatic rings. The summed E-state index contributed by atoms with van der Waals surface area (Å²) in [6.45, 7) is -1.66. The van der Waals surface area contributed by atoms with Crippen LogP contribution in [0.25, 0.3) is 10.1 Å². The quantitative estimate of drug-likeness (QED) is 0.909. The average Bonchev–Trinajstić information content (AvgIpc) is 2.72. The molecule has 0 unspecified atom stereocenters. The first-order chi connectivity index (χ1) is 8.50. The number of carboxylic acid groups (broad SMARTS) is 1. The molecule has 1 aromatic heterocycles. The third kappa shape index (κ3) is 2.65. The molecule has 0 saturated heterocycles. The highest BCUT2D eigenvalue weighted by Crippen LogP contribution is 2.37. The van der Waals surface area contributed by atoms with E-state index < -0.39 is 25.1 Å². The van der Waals surface area contributed by atoms with Crippen molar-refractivity contribution in [3.63, 3.8) is 0 Å². The van der Waals surface area contributed by atoms with Crippen LogP contribution in [0.3, 0.4) is 0 Å². The van der Waals surface area contributed by atoms with Gasteiger partial charge in [0.1, 0.15) is 13.2 Å². The van der Waals surface area contributed by atoms with Gasteiger partial charge in [0.15, 0.2) is 0 Å². The first-order valence-corrected chi connectivity index (χ1v) is 6.03. The molecule has 1 heterocycles. The molecule has 0 amide bonds. The summed E-state index contributed by atoms with van der Waals surface area (Å²) in [5.74, 6) is -4.45. The van der Waals surface area contributed by atoms with Crippen LogP contribution in [0.2, 0.25) is 0 Å². The smallest absolute Gasteiger partial charge is 0.329 e. The van der Waals surface area contributed by atoms with E-state index in [1.807, 2.05) is 0 Å². The Morgan fingerprint density at radius 3 is 2.83 bits per heavy atom. The number of fused-ring (bicyclic) bond motifs is 1. The highest BCUT2D eigenvalue weighted by Gasteiger charge is 2.34. The molecule has 2 aromatic rings. The number of carbonyl (C=O) groups is 1. The van der Waals surface area contributed by atoms with E-state index in [0.29, 0.717) is 5.39 Å². The SMILES string of the molecule is O=C(O)COCC(F)(F)c1csc2ccccc12. The monoisotopic (exact) mass is 272 g/mol. The van der Waals surface area contributed by atoms with Gasteiger partial charge in [-0.25, -0.2) is 4.79 Å². The molecule has 0 aliphatic heterocycles. The van der Waals surface area contributed by atoms with Crippen LogP contribution in [-0.4, -0.2) is 24.3 Å². The van der Waals surface area contributed by atoms with Crippen LogP contribution in [0.5, 0.6) is 0 Å². The van der Waals surface area contributed by atoms with Crippen molar-refractivity contribution in [1.29, 1.82) is 0 Å². The molecule has 2 rings (SSSR count). The van der Waals surface area contributed by atoms with Crippen LogP contribution < -0.4 is 0 Å². The number of hydrogen-bond acceptors (Lipinski definition) is 3. The van der Waals surface area contributed by atoms with Gasteiger partial charge in [0.05, 0.1) is 0 Å². The molecule has 1 aromatic carbocycles. The molecule has 1 N–H and O–H groups in total. The van der Waals surface area contributed by atoms with Crippen molar-refractivity contribution in [2.45, 2.75) is 5.92 Å². The molecular weight excluding hydrogens is 262 g/mol. The Hall–Kier alpha value is -1.53. The Morgan fingerprint density at radius 2 is 2.11 bits per heavy atom. The zero-order chi connectivity index (χ0) is 13.2. The number of hydrogen-bond donors (Lipinski definition) is 1. The molecule has 6 heteroatoms. The van der Waals surface area contributed by atoms with E-state index >= 15 is 0 Å². The highest BCUT2D eigenvalue weighted by molar-refractivity contribution is 7.17. The van der Waals surface area contributed by atoms with Crippen LogP contribution in [0.1, 0.15) is 5.56 Å². The summed E-state index contributed by atoms with van der Waals surface area (Å²) in [5.41, 5.74) is -0.117. The van der Waals surface area contributed by atoms with Gasteiger partial charge in [0.25, 0.3) is 5.92 Å². The summed E-state index contributed by atoms with van der Waals surface area (Å²) in [4.78, 5) is 10.2. The first kappa shape index (κ1) is 12.9. The number of benzene rings is 1. The van der Waals surface area contributed by atoms with Gasteiger partial charge in [-0.15, -0.1) is 11.3 Å². The van der Waals surface area contributed by atoms with Crippen molar-refractivity contribution >= 4 is 27.4 Å². The average molecular weight is 272 g/mol. The fourth-order valence-corrected chi connectivity index (χ4v) is 2.61. The van der Waals surface area contributed by atoms with Gasteiger partial charge in [-0.2, -0.15) is 8.78 Å². The standard InChI is InChI=1S/C12H10F2O3S/c13-12(14,7-17-5-11(15)16)9-6-18-10-4-2-1-3-8(9)10/h1-4,6H,5,7H2,(H,15,16). The van der Waals surface area contributed by atoms with Crippen molar-refractivity contribution in [2.24, 2.45) is 0 Å². The maximum atomic E-state index is 13.9. The van der Waals surface area contributed by atoms with Crippen LogP contribution in [0.15, 0.2) is 29.6 Å². The lowest BCUT2D eigenvalue weighted by Gasteiger charge is -2.15. The Kier molecular flexibility index (Phi) is 3.58. The minimum absolute atomic E-state index is 0.117. The topological polar surface area (TPSA) is 46.5 Å². The van der Waals surface area contributed by atoms with Gasteiger partial charge < -0.3 is 9.84 Å². The third-order valence-electron chi connectivity index (χ3n) is 2.38. The van der Waals surface area contributed by atoms with Gasteiger partial charge in [-0.05, 0) is 6.07 Å². The molecule has 3 nitrogen and oxygen atoms in total. The molecule has 96 valence electrons. The summed E-state index contributed by atoms with van der Waals surface area (Å²) in [7, 11) is 0. The molecule has 0 saturated carbocycles.